The molecule has 1 aromatic heterocycles. The third-order valence-electron chi connectivity index (χ3n) is 3.22. The monoisotopic (exact) mass is 335 g/mol. The smallest absolute Gasteiger partial charge is 0.321 e. The number of nitrogens with zero attached hydrogens (tertiary/aromatic N) is 2. The topological polar surface area (TPSA) is 63.6 Å². The van der Waals surface area contributed by atoms with Crippen molar-refractivity contribution in [2.75, 3.05) is 25.5 Å². The van der Waals surface area contributed by atoms with E-state index in [2.05, 4.69) is 5.32 Å². The lowest BCUT2D eigenvalue weighted by molar-refractivity contribution is 0.207. The van der Waals surface area contributed by atoms with Gasteiger partial charge in [-0.2, -0.15) is 0 Å². The number of ether oxygens (including phenoxy) is 1. The summed E-state index contributed by atoms with van der Waals surface area (Å²) in [5.41, 5.74) is -0.0165. The number of anilines is 1. The fourth-order valence-corrected chi connectivity index (χ4v) is 1.96. The van der Waals surface area contributed by atoms with E-state index in [9.17, 15) is 9.59 Å². The van der Waals surface area contributed by atoms with Gasteiger partial charge < -0.3 is 19.5 Å². The number of halogens is 1. The Bertz CT molecular complexity index is 728. The molecule has 23 heavy (non-hydrogen) atoms. The lowest BCUT2D eigenvalue weighted by Crippen LogP contribution is -2.36. The maximum Gasteiger partial charge on any atom is 0.321 e. The Morgan fingerprint density at radius 1 is 1.30 bits per heavy atom. The van der Waals surface area contributed by atoms with E-state index >= 15 is 0 Å². The zero-order valence-electron chi connectivity index (χ0n) is 13.0. The van der Waals surface area contributed by atoms with E-state index < -0.39 is 0 Å². The molecule has 0 bridgehead atoms. The summed E-state index contributed by atoms with van der Waals surface area (Å²) >= 11 is 5.79. The molecular formula is C16H18ClN3O3. The van der Waals surface area contributed by atoms with Gasteiger partial charge in [0.15, 0.2) is 0 Å². The number of urea groups is 1. The fourth-order valence-electron chi connectivity index (χ4n) is 1.84. The van der Waals surface area contributed by atoms with Crippen LogP contribution in [0.15, 0.2) is 47.4 Å². The first-order chi connectivity index (χ1) is 11.0. The minimum Gasteiger partial charge on any atom is -0.492 e. The predicted octanol–water partition coefficient (Wildman–Crippen LogP) is 2.58. The van der Waals surface area contributed by atoms with Crippen LogP contribution in [-0.4, -0.2) is 35.7 Å². The van der Waals surface area contributed by atoms with Gasteiger partial charge in [-0.25, -0.2) is 4.79 Å². The number of benzene rings is 1. The Hall–Kier alpha value is -2.47. The summed E-state index contributed by atoms with van der Waals surface area (Å²) in [6.45, 7) is 0.708. The molecule has 2 aromatic rings. The zero-order valence-corrected chi connectivity index (χ0v) is 13.7. The average Bonchev–Trinajstić information content (AvgIpc) is 2.53. The van der Waals surface area contributed by atoms with Crippen molar-refractivity contribution >= 4 is 23.3 Å². The van der Waals surface area contributed by atoms with Crippen LogP contribution >= 0.6 is 11.6 Å². The van der Waals surface area contributed by atoms with Crippen molar-refractivity contribution in [2.24, 2.45) is 7.05 Å². The van der Waals surface area contributed by atoms with Gasteiger partial charge >= 0.3 is 6.03 Å². The summed E-state index contributed by atoms with van der Waals surface area (Å²) in [6, 6.07) is 9.88. The molecule has 122 valence electrons. The van der Waals surface area contributed by atoms with E-state index in [1.807, 2.05) is 0 Å². The number of aromatic nitrogens is 1. The fraction of sp³-hybridized carbons (Fsp3) is 0.250. The number of aryl methyl sites for hydroxylation is 1. The highest BCUT2D eigenvalue weighted by molar-refractivity contribution is 6.30. The van der Waals surface area contributed by atoms with E-state index in [1.165, 1.54) is 9.47 Å². The van der Waals surface area contributed by atoms with Crippen LogP contribution in [0, 0.1) is 0 Å². The molecule has 1 N–H and O–H groups in total. The van der Waals surface area contributed by atoms with Gasteiger partial charge in [-0.15, -0.1) is 0 Å². The van der Waals surface area contributed by atoms with Gasteiger partial charge in [-0.05, 0) is 36.4 Å². The molecule has 0 saturated heterocycles. The SMILES string of the molecule is CN(CCOc1ccc(Cl)cc1)C(=O)Nc1cccn(C)c1=O. The van der Waals surface area contributed by atoms with Crippen molar-refractivity contribution in [2.45, 2.75) is 0 Å². The van der Waals surface area contributed by atoms with Crippen molar-refractivity contribution in [3.05, 3.63) is 58.0 Å². The molecule has 0 atom stereocenters. The van der Waals surface area contributed by atoms with Crippen LogP contribution in [-0.2, 0) is 7.05 Å². The number of amides is 2. The average molecular weight is 336 g/mol. The summed E-state index contributed by atoms with van der Waals surface area (Å²) in [6.07, 6.45) is 1.63. The molecule has 1 aromatic carbocycles. The molecule has 6 nitrogen and oxygen atoms in total. The number of likely N-dealkylation sites (N-methyl/N-ethyl adjacent to an activating group) is 1. The molecule has 2 amide bonds. The number of rotatable bonds is 5. The number of carbonyl (C=O) groups is 1. The van der Waals surface area contributed by atoms with Crippen molar-refractivity contribution in [3.63, 3.8) is 0 Å². The van der Waals surface area contributed by atoms with Crippen LogP contribution in [0.5, 0.6) is 5.75 Å². The molecule has 0 aliphatic heterocycles. The van der Waals surface area contributed by atoms with Crippen LogP contribution in [0.25, 0.3) is 0 Å². The highest BCUT2D eigenvalue weighted by Gasteiger charge is 2.11. The minimum absolute atomic E-state index is 0.241. The predicted molar refractivity (Wildman–Crippen MR) is 90.3 cm³/mol. The van der Waals surface area contributed by atoms with Crippen LogP contribution in [0.1, 0.15) is 0 Å². The third kappa shape index (κ3) is 4.75. The van der Waals surface area contributed by atoms with Crippen molar-refractivity contribution in [1.82, 2.24) is 9.47 Å². The molecular weight excluding hydrogens is 318 g/mol. The van der Waals surface area contributed by atoms with Crippen LogP contribution in [0.3, 0.4) is 0 Å². The Labute approximate surface area is 139 Å². The standard InChI is InChI=1S/C16H18ClN3O3/c1-19-9-3-4-14(15(19)21)18-16(22)20(2)10-11-23-13-7-5-12(17)6-8-13/h3-9H,10-11H2,1-2H3,(H,18,22). The van der Waals surface area contributed by atoms with Gasteiger partial charge in [0.05, 0.1) is 6.54 Å². The normalized spacial score (nSPS) is 10.2. The van der Waals surface area contributed by atoms with Crippen LogP contribution < -0.4 is 15.6 Å². The molecule has 0 unspecified atom stereocenters. The lowest BCUT2D eigenvalue weighted by atomic mass is 10.3. The summed E-state index contributed by atoms with van der Waals surface area (Å²) in [4.78, 5) is 25.4. The molecule has 0 radical (unpaired) electrons. The minimum atomic E-state index is -0.368. The number of hydrogen-bond donors (Lipinski definition) is 1. The first kappa shape index (κ1) is 16.9. The maximum atomic E-state index is 12.1. The summed E-state index contributed by atoms with van der Waals surface area (Å²) in [5, 5.41) is 3.22. The van der Waals surface area contributed by atoms with Gasteiger partial charge in [0.1, 0.15) is 18.0 Å². The van der Waals surface area contributed by atoms with Gasteiger partial charge in [0.25, 0.3) is 5.56 Å². The summed E-state index contributed by atoms with van der Waals surface area (Å²) < 4.78 is 6.93. The first-order valence-corrected chi connectivity index (χ1v) is 7.41. The Morgan fingerprint density at radius 2 is 2.00 bits per heavy atom. The lowest BCUT2D eigenvalue weighted by Gasteiger charge is -2.18. The second kappa shape index (κ2) is 7.69. The van der Waals surface area contributed by atoms with E-state index in [-0.39, 0.29) is 17.3 Å². The van der Waals surface area contributed by atoms with Crippen molar-refractivity contribution < 1.29 is 9.53 Å². The van der Waals surface area contributed by atoms with Gasteiger partial charge in [0.2, 0.25) is 0 Å². The number of nitrogens with one attached hydrogen (secondary N) is 1. The molecule has 0 aliphatic rings. The number of pyridine rings is 1. The molecule has 0 aliphatic carbocycles. The largest absolute Gasteiger partial charge is 0.492 e. The quantitative estimate of drug-likeness (QED) is 0.913. The van der Waals surface area contributed by atoms with Gasteiger partial charge in [0, 0.05) is 25.3 Å². The van der Waals surface area contributed by atoms with Crippen LogP contribution in [0.2, 0.25) is 5.02 Å². The zero-order chi connectivity index (χ0) is 16.8. The maximum absolute atomic E-state index is 12.1. The Kier molecular flexibility index (Phi) is 5.65. The third-order valence-corrected chi connectivity index (χ3v) is 3.47. The van der Waals surface area contributed by atoms with Crippen LogP contribution in [0.4, 0.5) is 10.5 Å². The Balaban J connectivity index is 1.84. The number of carbonyl (C=O) groups excluding carboxylic acids is 1. The first-order valence-electron chi connectivity index (χ1n) is 7.03. The molecule has 0 saturated carbocycles. The molecule has 2 rings (SSSR count). The Morgan fingerprint density at radius 3 is 2.70 bits per heavy atom. The van der Waals surface area contributed by atoms with Gasteiger partial charge in [-0.1, -0.05) is 11.6 Å². The van der Waals surface area contributed by atoms with E-state index in [0.717, 1.165) is 0 Å². The molecule has 1 heterocycles. The number of hydrogen-bond acceptors (Lipinski definition) is 3. The molecule has 0 fully saturated rings. The highest BCUT2D eigenvalue weighted by atomic mass is 35.5. The second-order valence-corrected chi connectivity index (χ2v) is 5.43. The highest BCUT2D eigenvalue weighted by Crippen LogP contribution is 2.15. The molecule has 7 heteroatoms. The second-order valence-electron chi connectivity index (χ2n) is 4.99. The van der Waals surface area contributed by atoms with Crippen molar-refractivity contribution in [1.29, 1.82) is 0 Å². The molecule has 0 spiro atoms. The van der Waals surface area contributed by atoms with E-state index in [1.54, 1.807) is 56.7 Å². The van der Waals surface area contributed by atoms with Gasteiger partial charge in [-0.3, -0.25) is 4.79 Å². The van der Waals surface area contributed by atoms with E-state index in [4.69, 9.17) is 16.3 Å². The summed E-state index contributed by atoms with van der Waals surface area (Å²) in [7, 11) is 3.26. The van der Waals surface area contributed by atoms with Crippen molar-refractivity contribution in [3.8, 4) is 5.75 Å². The van der Waals surface area contributed by atoms with E-state index in [0.29, 0.717) is 23.9 Å². The summed E-state index contributed by atoms with van der Waals surface area (Å²) in [5.74, 6) is 0.681.